The molecule has 1 saturated heterocycles. The largest absolute Gasteiger partial charge is 0.381 e. The molecule has 0 amide bonds. The van der Waals surface area contributed by atoms with Crippen molar-refractivity contribution < 1.29 is 9.13 Å². The third-order valence-corrected chi connectivity index (χ3v) is 5.88. The van der Waals surface area contributed by atoms with Crippen LogP contribution in [0.15, 0.2) is 59.7 Å². The molecule has 0 aliphatic carbocycles. The second-order valence-corrected chi connectivity index (χ2v) is 7.80. The number of hydrogen-bond donors (Lipinski definition) is 0. The van der Waals surface area contributed by atoms with Crippen LogP contribution in [0.5, 0.6) is 0 Å². The highest BCUT2D eigenvalue weighted by Gasteiger charge is 2.18. The fourth-order valence-electron chi connectivity index (χ4n) is 4.19. The number of fused-ring (bicyclic) bond motifs is 1. The molecule has 2 aromatic heterocycles. The summed E-state index contributed by atoms with van der Waals surface area (Å²) in [6.07, 6.45) is 5.86. The first-order chi connectivity index (χ1) is 14.6. The maximum atomic E-state index is 13.6. The van der Waals surface area contributed by atoms with E-state index in [-0.39, 0.29) is 11.4 Å². The van der Waals surface area contributed by atoms with Gasteiger partial charge in [0.1, 0.15) is 5.82 Å². The summed E-state index contributed by atoms with van der Waals surface area (Å²) >= 11 is 0. The molecule has 154 valence electrons. The van der Waals surface area contributed by atoms with Crippen LogP contribution in [0, 0.1) is 5.82 Å². The van der Waals surface area contributed by atoms with Gasteiger partial charge in [0.25, 0.3) is 5.56 Å². The van der Waals surface area contributed by atoms with E-state index in [0.29, 0.717) is 18.0 Å². The van der Waals surface area contributed by atoms with Crippen molar-refractivity contribution in [1.29, 1.82) is 0 Å². The van der Waals surface area contributed by atoms with Crippen LogP contribution in [0.2, 0.25) is 0 Å². The number of benzene rings is 2. The molecule has 1 aliphatic heterocycles. The topological polar surface area (TPSA) is 54.0 Å². The quantitative estimate of drug-likeness (QED) is 0.519. The molecule has 1 fully saturated rings. The van der Waals surface area contributed by atoms with E-state index < -0.39 is 0 Å². The van der Waals surface area contributed by atoms with Gasteiger partial charge in [-0.05, 0) is 48.2 Å². The molecular weight excluding hydrogens is 383 g/mol. The van der Waals surface area contributed by atoms with Crippen LogP contribution in [0.1, 0.15) is 24.4 Å². The minimum atomic E-state index is -0.282. The Morgan fingerprint density at radius 2 is 1.97 bits per heavy atom. The Morgan fingerprint density at radius 3 is 2.77 bits per heavy atom. The van der Waals surface area contributed by atoms with Crippen molar-refractivity contribution in [3.05, 3.63) is 76.6 Å². The zero-order valence-electron chi connectivity index (χ0n) is 16.8. The van der Waals surface area contributed by atoms with Crippen molar-refractivity contribution >= 4 is 10.9 Å². The van der Waals surface area contributed by atoms with Crippen molar-refractivity contribution in [2.45, 2.75) is 25.4 Å². The van der Waals surface area contributed by atoms with E-state index in [1.807, 2.05) is 39.8 Å². The van der Waals surface area contributed by atoms with Crippen LogP contribution in [0.25, 0.3) is 22.0 Å². The third kappa shape index (κ3) is 3.35. The SMILES string of the molecule is Cn1c(=O)c2ccc(-c3cnn(C4CCOCC4)c3)cc2n1Cc1cccc(F)c1. The summed E-state index contributed by atoms with van der Waals surface area (Å²) in [7, 11) is 1.74. The third-order valence-electron chi connectivity index (χ3n) is 5.88. The summed E-state index contributed by atoms with van der Waals surface area (Å²) in [5, 5.41) is 5.21. The fourth-order valence-corrected chi connectivity index (χ4v) is 4.19. The van der Waals surface area contributed by atoms with Gasteiger partial charge in [0.15, 0.2) is 0 Å². The molecule has 6 nitrogen and oxygen atoms in total. The first-order valence-corrected chi connectivity index (χ1v) is 10.2. The Balaban J connectivity index is 1.53. The van der Waals surface area contributed by atoms with Crippen molar-refractivity contribution in [3.8, 4) is 11.1 Å². The normalized spacial score (nSPS) is 15.1. The molecule has 0 N–H and O–H groups in total. The maximum Gasteiger partial charge on any atom is 0.274 e. The van der Waals surface area contributed by atoms with Crippen LogP contribution < -0.4 is 5.56 Å². The molecule has 5 rings (SSSR count). The van der Waals surface area contributed by atoms with E-state index >= 15 is 0 Å². The van der Waals surface area contributed by atoms with Crippen molar-refractivity contribution in [2.75, 3.05) is 13.2 Å². The monoisotopic (exact) mass is 406 g/mol. The predicted octanol–water partition coefficient (Wildman–Crippen LogP) is 3.74. The standard InChI is InChI=1S/C23H23FN4O2/c1-26-23(29)21-6-5-17(18-13-25-27(15-18)20-7-9-30-10-8-20)12-22(21)28(26)14-16-3-2-4-19(24)11-16/h2-6,11-13,15,20H,7-10,14H2,1H3. The van der Waals surface area contributed by atoms with Gasteiger partial charge in [-0.1, -0.05) is 18.2 Å². The molecule has 4 aromatic rings. The van der Waals surface area contributed by atoms with E-state index in [9.17, 15) is 9.18 Å². The first-order valence-electron chi connectivity index (χ1n) is 10.2. The highest BCUT2D eigenvalue weighted by Crippen LogP contribution is 2.27. The predicted molar refractivity (Wildman–Crippen MR) is 113 cm³/mol. The molecule has 0 spiro atoms. The average Bonchev–Trinajstić information content (AvgIpc) is 3.35. The van der Waals surface area contributed by atoms with Crippen LogP contribution >= 0.6 is 0 Å². The van der Waals surface area contributed by atoms with E-state index in [1.54, 1.807) is 17.8 Å². The van der Waals surface area contributed by atoms with Gasteiger partial charge < -0.3 is 4.74 Å². The van der Waals surface area contributed by atoms with Crippen molar-refractivity contribution in [2.24, 2.45) is 7.05 Å². The minimum absolute atomic E-state index is 0.0640. The molecule has 0 bridgehead atoms. The maximum absolute atomic E-state index is 13.6. The van der Waals surface area contributed by atoms with Gasteiger partial charge in [-0.3, -0.25) is 18.8 Å². The molecule has 30 heavy (non-hydrogen) atoms. The average molecular weight is 406 g/mol. The van der Waals surface area contributed by atoms with E-state index in [4.69, 9.17) is 4.74 Å². The van der Waals surface area contributed by atoms with Crippen molar-refractivity contribution in [3.63, 3.8) is 0 Å². The van der Waals surface area contributed by atoms with Gasteiger partial charge in [0.05, 0.1) is 29.7 Å². The highest BCUT2D eigenvalue weighted by atomic mass is 19.1. The van der Waals surface area contributed by atoms with Crippen LogP contribution in [0.3, 0.4) is 0 Å². The van der Waals surface area contributed by atoms with Crippen LogP contribution in [0.4, 0.5) is 4.39 Å². The van der Waals surface area contributed by atoms with Gasteiger partial charge in [-0.15, -0.1) is 0 Å². The Bertz CT molecular complexity index is 1260. The number of nitrogens with zero attached hydrogens (tertiary/aromatic N) is 4. The van der Waals surface area contributed by atoms with E-state index in [2.05, 4.69) is 11.3 Å². The molecule has 0 saturated carbocycles. The first kappa shape index (κ1) is 18.8. The van der Waals surface area contributed by atoms with Crippen LogP contribution in [-0.2, 0) is 18.3 Å². The molecule has 0 atom stereocenters. The second-order valence-electron chi connectivity index (χ2n) is 7.80. The smallest absolute Gasteiger partial charge is 0.274 e. The van der Waals surface area contributed by atoms with Gasteiger partial charge in [0, 0.05) is 32.0 Å². The number of halogens is 1. The lowest BCUT2D eigenvalue weighted by molar-refractivity contribution is 0.0662. The summed E-state index contributed by atoms with van der Waals surface area (Å²) in [4.78, 5) is 12.7. The van der Waals surface area contributed by atoms with Crippen molar-refractivity contribution in [1.82, 2.24) is 19.1 Å². The number of ether oxygens (including phenoxy) is 1. The molecule has 2 aromatic carbocycles. The zero-order chi connectivity index (χ0) is 20.7. The molecule has 0 radical (unpaired) electrons. The Hall–Kier alpha value is -3.19. The summed E-state index contributed by atoms with van der Waals surface area (Å²) in [5.74, 6) is -0.282. The summed E-state index contributed by atoms with van der Waals surface area (Å²) < 4.78 is 24.6. The minimum Gasteiger partial charge on any atom is -0.381 e. The van der Waals surface area contributed by atoms with Crippen LogP contribution in [-0.4, -0.2) is 32.4 Å². The number of aromatic nitrogens is 4. The summed E-state index contributed by atoms with van der Waals surface area (Å²) in [6.45, 7) is 1.95. The molecular formula is C23H23FN4O2. The number of hydrogen-bond acceptors (Lipinski definition) is 3. The lowest BCUT2D eigenvalue weighted by Crippen LogP contribution is -2.19. The van der Waals surface area contributed by atoms with E-state index in [1.165, 1.54) is 12.1 Å². The molecule has 3 heterocycles. The van der Waals surface area contributed by atoms with Gasteiger partial charge in [-0.2, -0.15) is 5.10 Å². The highest BCUT2D eigenvalue weighted by molar-refractivity contribution is 5.84. The molecule has 0 unspecified atom stereocenters. The zero-order valence-corrected chi connectivity index (χ0v) is 16.8. The molecule has 1 aliphatic rings. The fraction of sp³-hybridized carbons (Fsp3) is 0.304. The number of rotatable bonds is 4. The van der Waals surface area contributed by atoms with E-state index in [0.717, 1.165) is 48.3 Å². The second kappa shape index (κ2) is 7.57. The lowest BCUT2D eigenvalue weighted by atomic mass is 10.1. The Labute approximate surface area is 173 Å². The Kier molecular flexibility index (Phi) is 4.75. The Morgan fingerprint density at radius 1 is 1.13 bits per heavy atom. The summed E-state index contributed by atoms with van der Waals surface area (Å²) in [6, 6.07) is 12.7. The van der Waals surface area contributed by atoms with Gasteiger partial charge >= 0.3 is 0 Å². The molecule has 7 heteroatoms. The summed E-state index contributed by atoms with van der Waals surface area (Å²) in [5.41, 5.74) is 3.57. The lowest BCUT2D eigenvalue weighted by Gasteiger charge is -2.22. The van der Waals surface area contributed by atoms with Gasteiger partial charge in [0.2, 0.25) is 0 Å². The van der Waals surface area contributed by atoms with Gasteiger partial charge in [-0.25, -0.2) is 4.39 Å².